The first kappa shape index (κ1) is 13.4. The molecule has 3 N–H and O–H groups in total. The lowest BCUT2D eigenvalue weighted by atomic mass is 10.1. The molecule has 1 amide bonds. The Morgan fingerprint density at radius 2 is 2.00 bits per heavy atom. The van der Waals surface area contributed by atoms with Gasteiger partial charge in [-0.2, -0.15) is 0 Å². The maximum Gasteiger partial charge on any atom is 0.270 e. The number of anilines is 1. The minimum Gasteiger partial charge on any atom is -0.350 e. The Morgan fingerprint density at radius 3 is 2.76 bits per heavy atom. The highest BCUT2D eigenvalue weighted by Crippen LogP contribution is 2.16. The number of nitrogens with one attached hydrogen (secondary N) is 3. The van der Waals surface area contributed by atoms with Crippen molar-refractivity contribution >= 4 is 11.9 Å². The monoisotopic (exact) mass is 284 g/mol. The third-order valence-corrected chi connectivity index (χ3v) is 3.54. The van der Waals surface area contributed by atoms with Crippen molar-refractivity contribution < 1.29 is 4.79 Å². The fraction of sp³-hybridized carbons (Fsp3) is 0.267. The predicted molar refractivity (Wildman–Crippen MR) is 79.4 cm³/mol. The van der Waals surface area contributed by atoms with Gasteiger partial charge in [0.25, 0.3) is 11.5 Å². The van der Waals surface area contributed by atoms with Crippen molar-refractivity contribution in [3.63, 3.8) is 0 Å². The summed E-state index contributed by atoms with van der Waals surface area (Å²) in [7, 11) is 0. The molecule has 2 aromatic rings. The van der Waals surface area contributed by atoms with Crippen molar-refractivity contribution in [1.29, 1.82) is 0 Å². The highest BCUT2D eigenvalue weighted by atomic mass is 16.2. The van der Waals surface area contributed by atoms with Gasteiger partial charge >= 0.3 is 0 Å². The van der Waals surface area contributed by atoms with Gasteiger partial charge in [-0.1, -0.05) is 30.3 Å². The molecule has 1 aromatic heterocycles. The summed E-state index contributed by atoms with van der Waals surface area (Å²) in [4.78, 5) is 30.8. The summed E-state index contributed by atoms with van der Waals surface area (Å²) in [6.45, 7) is 2.44. The molecule has 0 saturated carbocycles. The van der Waals surface area contributed by atoms with E-state index in [1.165, 1.54) is 0 Å². The average molecular weight is 284 g/mol. The lowest BCUT2D eigenvalue weighted by Gasteiger charge is -2.18. The number of aromatic nitrogens is 2. The first-order chi connectivity index (χ1) is 10.1. The molecule has 0 aliphatic carbocycles. The number of amides is 1. The van der Waals surface area contributed by atoms with Crippen molar-refractivity contribution in [3.8, 4) is 0 Å². The summed E-state index contributed by atoms with van der Waals surface area (Å²) in [5.41, 5.74) is 1.49. The highest BCUT2D eigenvalue weighted by molar-refractivity contribution is 5.94. The first-order valence-corrected chi connectivity index (χ1v) is 6.88. The molecule has 2 heterocycles. The maximum atomic E-state index is 12.0. The lowest BCUT2D eigenvalue weighted by molar-refractivity contribution is 0.0940. The van der Waals surface area contributed by atoms with Gasteiger partial charge in [0.2, 0.25) is 5.95 Å². The zero-order chi connectivity index (χ0) is 14.8. The van der Waals surface area contributed by atoms with Crippen molar-refractivity contribution in [1.82, 2.24) is 15.3 Å². The molecule has 108 valence electrons. The molecule has 3 rings (SSSR count). The van der Waals surface area contributed by atoms with Crippen LogP contribution >= 0.6 is 0 Å². The molecule has 0 spiro atoms. The topological polar surface area (TPSA) is 86.9 Å². The number of hydrogen-bond acceptors (Lipinski definition) is 4. The minimum absolute atomic E-state index is 0.0287. The van der Waals surface area contributed by atoms with Gasteiger partial charge in [0.1, 0.15) is 5.69 Å². The minimum atomic E-state index is -0.294. The third-order valence-electron chi connectivity index (χ3n) is 3.54. The molecule has 0 radical (unpaired) electrons. The number of carbonyl (C=O) groups is 1. The van der Waals surface area contributed by atoms with E-state index in [-0.39, 0.29) is 23.2 Å². The summed E-state index contributed by atoms with van der Waals surface area (Å²) in [5, 5.41) is 5.82. The van der Waals surface area contributed by atoms with E-state index in [4.69, 9.17) is 0 Å². The van der Waals surface area contributed by atoms with Crippen LogP contribution in [-0.2, 0) is 6.42 Å². The Kier molecular flexibility index (Phi) is 3.43. The maximum absolute atomic E-state index is 12.0. The summed E-state index contributed by atoms with van der Waals surface area (Å²) >= 11 is 0. The second-order valence-electron chi connectivity index (χ2n) is 5.02. The first-order valence-electron chi connectivity index (χ1n) is 6.88. The predicted octanol–water partition coefficient (Wildman–Crippen LogP) is 1.23. The van der Waals surface area contributed by atoms with Gasteiger partial charge in [0.15, 0.2) is 0 Å². The Hall–Kier alpha value is -2.63. The summed E-state index contributed by atoms with van der Waals surface area (Å²) in [6, 6.07) is 9.79. The van der Waals surface area contributed by atoms with Crippen LogP contribution in [0.5, 0.6) is 0 Å². The van der Waals surface area contributed by atoms with Gasteiger partial charge < -0.3 is 10.6 Å². The van der Waals surface area contributed by atoms with E-state index >= 15 is 0 Å². The van der Waals surface area contributed by atoms with Gasteiger partial charge in [-0.05, 0) is 18.9 Å². The summed E-state index contributed by atoms with van der Waals surface area (Å²) < 4.78 is 0. The molecular formula is C15H16N4O2. The van der Waals surface area contributed by atoms with Crippen LogP contribution < -0.4 is 16.2 Å². The Bertz CT molecular complexity index is 724. The van der Waals surface area contributed by atoms with Crippen LogP contribution in [0.3, 0.4) is 0 Å². The third kappa shape index (κ3) is 2.65. The van der Waals surface area contributed by atoms with Gasteiger partial charge in [-0.3, -0.25) is 14.6 Å². The van der Waals surface area contributed by atoms with E-state index in [0.717, 1.165) is 5.56 Å². The van der Waals surface area contributed by atoms with Gasteiger partial charge in [-0.25, -0.2) is 4.98 Å². The number of aromatic amines is 1. The van der Waals surface area contributed by atoms with Crippen LogP contribution in [-0.4, -0.2) is 22.4 Å². The van der Waals surface area contributed by atoms with E-state index in [1.54, 1.807) is 0 Å². The van der Waals surface area contributed by atoms with E-state index in [2.05, 4.69) is 20.6 Å². The van der Waals surface area contributed by atoms with E-state index in [0.29, 0.717) is 24.5 Å². The molecule has 1 aliphatic heterocycles. The molecule has 1 unspecified atom stereocenters. The number of benzene rings is 1. The van der Waals surface area contributed by atoms with Crippen molar-refractivity contribution in [2.45, 2.75) is 19.4 Å². The zero-order valence-corrected chi connectivity index (χ0v) is 11.6. The van der Waals surface area contributed by atoms with Gasteiger partial charge in [-0.15, -0.1) is 0 Å². The molecule has 21 heavy (non-hydrogen) atoms. The highest BCUT2D eigenvalue weighted by Gasteiger charge is 2.22. The lowest BCUT2D eigenvalue weighted by Crippen LogP contribution is -2.37. The number of fused-ring (bicyclic) bond motifs is 1. The van der Waals surface area contributed by atoms with E-state index < -0.39 is 0 Å². The number of H-pyrrole nitrogens is 1. The Morgan fingerprint density at radius 1 is 1.24 bits per heavy atom. The van der Waals surface area contributed by atoms with Crippen LogP contribution in [0.25, 0.3) is 0 Å². The van der Waals surface area contributed by atoms with Gasteiger partial charge in [0, 0.05) is 6.54 Å². The van der Waals surface area contributed by atoms with Crippen molar-refractivity contribution in [3.05, 3.63) is 57.5 Å². The smallest absolute Gasteiger partial charge is 0.270 e. The van der Waals surface area contributed by atoms with Crippen molar-refractivity contribution in [2.24, 2.45) is 0 Å². The molecule has 0 fully saturated rings. The molecule has 1 atom stereocenters. The molecule has 1 aliphatic rings. The Balaban J connectivity index is 1.90. The number of hydrogen-bond donors (Lipinski definition) is 3. The molecule has 6 nitrogen and oxygen atoms in total. The molecule has 1 aromatic carbocycles. The van der Waals surface area contributed by atoms with Crippen LogP contribution in [0.2, 0.25) is 0 Å². The molecule has 6 heteroatoms. The number of carbonyl (C=O) groups excluding carboxylic acids is 1. The van der Waals surface area contributed by atoms with Crippen molar-refractivity contribution in [2.75, 3.05) is 11.9 Å². The van der Waals surface area contributed by atoms with Crippen LogP contribution in [0.4, 0.5) is 5.95 Å². The van der Waals surface area contributed by atoms with E-state index in [9.17, 15) is 9.59 Å². The normalized spacial score (nSPS) is 15.0. The number of rotatable bonds is 3. The van der Waals surface area contributed by atoms with E-state index in [1.807, 2.05) is 37.3 Å². The van der Waals surface area contributed by atoms with Gasteiger partial charge in [0.05, 0.1) is 11.6 Å². The number of nitrogens with zero attached hydrogens (tertiary/aromatic N) is 1. The zero-order valence-electron chi connectivity index (χ0n) is 11.6. The summed E-state index contributed by atoms with van der Waals surface area (Å²) in [6.07, 6.45) is 0.512. The molecular weight excluding hydrogens is 268 g/mol. The average Bonchev–Trinajstić information content (AvgIpc) is 2.49. The van der Waals surface area contributed by atoms with Crippen LogP contribution in [0, 0.1) is 0 Å². The fourth-order valence-corrected chi connectivity index (χ4v) is 2.40. The SMILES string of the molecule is CC(Nc1nc2c(c(=O)[nH]1)CCNC2=O)c1ccccc1. The Labute approximate surface area is 121 Å². The molecule has 0 bridgehead atoms. The second kappa shape index (κ2) is 5.40. The fourth-order valence-electron chi connectivity index (χ4n) is 2.40. The van der Waals surface area contributed by atoms with Crippen LogP contribution in [0.15, 0.2) is 35.1 Å². The molecule has 0 saturated heterocycles. The summed E-state index contributed by atoms with van der Waals surface area (Å²) in [5.74, 6) is 0.0184. The van der Waals surface area contributed by atoms with Crippen LogP contribution in [0.1, 0.15) is 34.6 Å². The quantitative estimate of drug-likeness (QED) is 0.791. The second-order valence-corrected chi connectivity index (χ2v) is 5.02. The standard InChI is InChI=1S/C15H16N4O2/c1-9(10-5-3-2-4-6-10)17-15-18-12-11(13(20)19-15)7-8-16-14(12)21/h2-6,9H,7-8H2,1H3,(H,16,21)(H2,17,18,19,20). The largest absolute Gasteiger partial charge is 0.350 e.